The van der Waals surface area contributed by atoms with Gasteiger partial charge < -0.3 is 51.2 Å². The van der Waals surface area contributed by atoms with E-state index < -0.39 is 138 Å². The van der Waals surface area contributed by atoms with Crippen LogP contribution in [-0.2, 0) is 59.1 Å². The summed E-state index contributed by atoms with van der Waals surface area (Å²) >= 11 is 0. The average molecular weight is 971 g/mol. The van der Waals surface area contributed by atoms with Crippen molar-refractivity contribution < 1.29 is 57.4 Å². The number of esters is 1. The van der Waals surface area contributed by atoms with E-state index >= 15 is 0 Å². The lowest BCUT2D eigenvalue weighted by Crippen LogP contribution is -2.60. The van der Waals surface area contributed by atoms with Crippen LogP contribution < -0.4 is 36.6 Å². The molecule has 386 valence electrons. The van der Waals surface area contributed by atoms with E-state index in [9.17, 15) is 47.9 Å². The van der Waals surface area contributed by atoms with Gasteiger partial charge in [0.1, 0.15) is 35.3 Å². The molecule has 0 spiro atoms. The first-order chi connectivity index (χ1) is 32.1. The summed E-state index contributed by atoms with van der Waals surface area (Å²) in [4.78, 5) is 140. The smallest absolute Gasteiger partial charge is 0.311 e. The SMILES string of the molecule is CCC(C)C1OC(=O)C(C)C(CC)NC(=O)C(C)NC(=O)C(C)(C)C(=O)C(C)NC(=O)C(Cc2ccc(OC)cc2)N(C)C(=O)C(C(C)C)N(C)C(=O)CNC(=O)C(CC(C)C)NC(=O)CNC1=O. The van der Waals surface area contributed by atoms with Crippen LogP contribution in [0.15, 0.2) is 24.3 Å². The number of carbonyl (C=O) groups excluding carboxylic acids is 10. The maximum atomic E-state index is 14.5. The highest BCUT2D eigenvalue weighted by atomic mass is 16.5. The third kappa shape index (κ3) is 16.5. The standard InChI is InChI=1S/C49H78N8O12/c1-16-28(7)40-45(64)50-24-37(58)54-35(22-26(3)4)43(62)51-25-38(59)57(14)39(27(5)6)46(65)56(13)36(23-32-18-20-33(68-15)21-19-32)44(63)52-30(9)41(60)49(11,12)48(67)53-31(10)42(61)55-34(17-2)29(8)47(66)69-40/h18-21,26-31,34-36,39-40H,16-17,22-25H2,1-15H3,(H,50,64)(H,51,62)(H,52,63)(H,53,67)(H,54,58)(H,55,61). The second-order valence-electron chi connectivity index (χ2n) is 19.4. The second kappa shape index (κ2) is 26.6. The molecule has 20 heteroatoms. The summed E-state index contributed by atoms with van der Waals surface area (Å²) in [7, 11) is 4.30. The van der Waals surface area contributed by atoms with Crippen molar-refractivity contribution in [1.29, 1.82) is 0 Å². The van der Waals surface area contributed by atoms with E-state index in [2.05, 4.69) is 31.9 Å². The van der Waals surface area contributed by atoms with Crippen LogP contribution in [0.4, 0.5) is 0 Å². The van der Waals surface area contributed by atoms with Gasteiger partial charge in [0, 0.05) is 32.5 Å². The number of ketones is 1. The van der Waals surface area contributed by atoms with Gasteiger partial charge in [-0.25, -0.2) is 0 Å². The summed E-state index contributed by atoms with van der Waals surface area (Å²) in [5, 5.41) is 15.7. The van der Waals surface area contributed by atoms with Gasteiger partial charge in [-0.2, -0.15) is 0 Å². The van der Waals surface area contributed by atoms with Gasteiger partial charge in [-0.15, -0.1) is 0 Å². The molecule has 0 aliphatic carbocycles. The quantitative estimate of drug-likeness (QED) is 0.152. The Kier molecular flexibility index (Phi) is 22.8. The summed E-state index contributed by atoms with van der Waals surface area (Å²) in [6, 6.07) is -0.000837. The Bertz CT molecular complexity index is 2010. The number of ether oxygens (including phenoxy) is 2. The molecule has 1 aliphatic heterocycles. The van der Waals surface area contributed by atoms with Gasteiger partial charge in [-0.1, -0.05) is 60.6 Å². The number of methoxy groups -OCH3 is 1. The molecule has 1 aliphatic rings. The Balaban J connectivity index is 2.65. The number of cyclic esters (lactones) is 1. The van der Waals surface area contributed by atoms with Crippen molar-refractivity contribution in [2.75, 3.05) is 34.3 Å². The number of nitrogens with zero attached hydrogens (tertiary/aromatic N) is 2. The molecular formula is C49H78N8O12. The van der Waals surface area contributed by atoms with Gasteiger partial charge in [0.15, 0.2) is 11.9 Å². The average Bonchev–Trinajstić information content (AvgIpc) is 3.30. The fraction of sp³-hybridized carbons (Fsp3) is 0.673. The highest BCUT2D eigenvalue weighted by molar-refractivity contribution is 6.09. The number of carbonyl (C=O) groups is 10. The van der Waals surface area contributed by atoms with Crippen LogP contribution in [0.5, 0.6) is 5.75 Å². The zero-order valence-corrected chi connectivity index (χ0v) is 43.2. The second-order valence-corrected chi connectivity index (χ2v) is 19.4. The molecule has 6 N–H and O–H groups in total. The summed E-state index contributed by atoms with van der Waals surface area (Å²) in [5.41, 5.74) is -1.16. The third-order valence-electron chi connectivity index (χ3n) is 12.7. The first kappa shape index (κ1) is 59.0. The summed E-state index contributed by atoms with van der Waals surface area (Å²) in [6.07, 6.45) is -0.528. The minimum atomic E-state index is -1.79. The molecular weight excluding hydrogens is 893 g/mol. The molecule has 9 atom stereocenters. The summed E-state index contributed by atoms with van der Waals surface area (Å²) in [5.74, 6) is -8.72. The first-order valence-corrected chi connectivity index (χ1v) is 23.8. The molecule has 1 aromatic carbocycles. The Morgan fingerprint density at radius 1 is 0.739 bits per heavy atom. The fourth-order valence-electron chi connectivity index (χ4n) is 7.83. The Labute approximate surface area is 407 Å². The van der Waals surface area contributed by atoms with Crippen LogP contribution in [0.1, 0.15) is 108 Å². The molecule has 1 aromatic rings. The highest BCUT2D eigenvalue weighted by Crippen LogP contribution is 2.23. The van der Waals surface area contributed by atoms with Crippen LogP contribution in [-0.4, -0.2) is 145 Å². The van der Waals surface area contributed by atoms with Gasteiger partial charge in [-0.3, -0.25) is 47.9 Å². The summed E-state index contributed by atoms with van der Waals surface area (Å²) < 4.78 is 11.0. The lowest BCUT2D eigenvalue weighted by molar-refractivity contribution is -0.163. The Hall–Kier alpha value is -6.08. The maximum Gasteiger partial charge on any atom is 0.311 e. The molecule has 0 bridgehead atoms. The van der Waals surface area contributed by atoms with Crippen molar-refractivity contribution in [3.63, 3.8) is 0 Å². The minimum absolute atomic E-state index is 0.0335. The molecule has 9 unspecified atom stereocenters. The van der Waals surface area contributed by atoms with Gasteiger partial charge >= 0.3 is 5.97 Å². The van der Waals surface area contributed by atoms with Crippen molar-refractivity contribution in [3.8, 4) is 5.75 Å². The van der Waals surface area contributed by atoms with E-state index in [1.165, 1.54) is 65.6 Å². The molecule has 0 saturated carbocycles. The topological polar surface area (TPSA) is 268 Å². The van der Waals surface area contributed by atoms with Gasteiger partial charge in [-0.05, 0) is 83.4 Å². The molecule has 8 amide bonds. The maximum absolute atomic E-state index is 14.5. The van der Waals surface area contributed by atoms with Crippen molar-refractivity contribution >= 4 is 59.0 Å². The zero-order chi connectivity index (χ0) is 52.7. The number of rotatable bonds is 9. The first-order valence-electron chi connectivity index (χ1n) is 23.8. The van der Waals surface area contributed by atoms with E-state index in [1.807, 2.05) is 13.8 Å². The van der Waals surface area contributed by atoms with E-state index in [4.69, 9.17) is 9.47 Å². The van der Waals surface area contributed by atoms with Crippen molar-refractivity contribution in [2.24, 2.45) is 29.1 Å². The van der Waals surface area contributed by atoms with Crippen LogP contribution in [0.25, 0.3) is 0 Å². The molecule has 20 nitrogen and oxygen atoms in total. The Morgan fingerprint density at radius 3 is 1.87 bits per heavy atom. The Morgan fingerprint density at radius 2 is 1.33 bits per heavy atom. The van der Waals surface area contributed by atoms with Crippen molar-refractivity contribution in [2.45, 2.75) is 151 Å². The van der Waals surface area contributed by atoms with Crippen molar-refractivity contribution in [1.82, 2.24) is 41.7 Å². The molecule has 0 radical (unpaired) electrons. The number of nitrogens with one attached hydrogen (secondary N) is 6. The highest BCUT2D eigenvalue weighted by Gasteiger charge is 2.43. The normalized spacial score (nSPS) is 26.8. The molecule has 1 fully saturated rings. The largest absolute Gasteiger partial charge is 0.497 e. The molecule has 1 heterocycles. The van der Waals surface area contributed by atoms with E-state index in [0.717, 1.165) is 0 Å². The predicted molar refractivity (Wildman–Crippen MR) is 257 cm³/mol. The van der Waals surface area contributed by atoms with E-state index in [-0.39, 0.29) is 25.2 Å². The number of likely N-dealkylation sites (N-methyl/N-ethyl adjacent to an activating group) is 2. The molecule has 1 saturated heterocycles. The van der Waals surface area contributed by atoms with Gasteiger partial charge in [0.05, 0.1) is 32.2 Å². The van der Waals surface area contributed by atoms with Crippen LogP contribution in [0, 0.1) is 29.1 Å². The fourth-order valence-corrected chi connectivity index (χ4v) is 7.83. The molecule has 2 rings (SSSR count). The van der Waals surface area contributed by atoms with Gasteiger partial charge in [0.25, 0.3) is 5.91 Å². The molecule has 69 heavy (non-hydrogen) atoms. The lowest BCUT2D eigenvalue weighted by atomic mass is 9.83. The third-order valence-corrected chi connectivity index (χ3v) is 12.7. The monoisotopic (exact) mass is 971 g/mol. The van der Waals surface area contributed by atoms with E-state index in [0.29, 0.717) is 17.7 Å². The number of benzene rings is 1. The molecule has 0 aromatic heterocycles. The minimum Gasteiger partial charge on any atom is -0.497 e. The lowest BCUT2D eigenvalue weighted by Gasteiger charge is -2.37. The number of hydrogen-bond acceptors (Lipinski definition) is 12. The number of hydrogen-bond donors (Lipinski definition) is 6. The van der Waals surface area contributed by atoms with Crippen LogP contribution >= 0.6 is 0 Å². The summed E-state index contributed by atoms with van der Waals surface area (Å²) in [6.45, 7) is 18.2. The zero-order valence-electron chi connectivity index (χ0n) is 43.2. The van der Waals surface area contributed by atoms with Crippen LogP contribution in [0.3, 0.4) is 0 Å². The van der Waals surface area contributed by atoms with Crippen molar-refractivity contribution in [3.05, 3.63) is 29.8 Å². The van der Waals surface area contributed by atoms with Gasteiger partial charge in [0.2, 0.25) is 41.4 Å². The van der Waals surface area contributed by atoms with Crippen LogP contribution in [0.2, 0.25) is 0 Å². The number of Topliss-reactive ketones (excluding diaryl/α,β-unsaturated/α-hetero) is 1. The number of amides is 8. The van der Waals surface area contributed by atoms with E-state index in [1.54, 1.807) is 58.9 Å². The predicted octanol–water partition coefficient (Wildman–Crippen LogP) is 1.42.